The highest BCUT2D eigenvalue weighted by Crippen LogP contribution is 2.32. The number of hydrogen-bond acceptors (Lipinski definition) is 3. The molecule has 0 bridgehead atoms. The van der Waals surface area contributed by atoms with Gasteiger partial charge in [0.25, 0.3) is 0 Å². The monoisotopic (exact) mass is 283 g/mol. The molecule has 0 aliphatic heterocycles. The van der Waals surface area contributed by atoms with Crippen molar-refractivity contribution >= 4 is 28.9 Å². The van der Waals surface area contributed by atoms with Crippen molar-refractivity contribution in [2.75, 3.05) is 5.73 Å². The van der Waals surface area contributed by atoms with Crippen LogP contribution in [0.2, 0.25) is 10.0 Å². The Bertz CT molecular complexity index is 553. The number of rotatable bonds is 3. The number of ether oxygens (including phenoxy) is 1. The van der Waals surface area contributed by atoms with Crippen LogP contribution in [0.15, 0.2) is 36.4 Å². The third-order valence-corrected chi connectivity index (χ3v) is 3.19. The number of nitrogens with two attached hydrogens (primary N) is 1. The highest BCUT2D eigenvalue weighted by atomic mass is 35.5. The lowest BCUT2D eigenvalue weighted by molar-refractivity contribution is 0.306. The second-order valence-electron chi connectivity index (χ2n) is 3.68. The van der Waals surface area contributed by atoms with E-state index in [1.165, 1.54) is 6.07 Å². The van der Waals surface area contributed by atoms with Crippen LogP contribution in [0.3, 0.4) is 0 Å². The van der Waals surface area contributed by atoms with E-state index in [0.29, 0.717) is 21.4 Å². The van der Waals surface area contributed by atoms with Gasteiger partial charge in [-0.15, -0.1) is 0 Å². The van der Waals surface area contributed by atoms with Crippen molar-refractivity contribution in [2.45, 2.75) is 6.61 Å². The first-order valence-electron chi connectivity index (χ1n) is 5.22. The Morgan fingerprint density at radius 1 is 1.06 bits per heavy atom. The van der Waals surface area contributed by atoms with E-state index in [9.17, 15) is 5.11 Å². The fourth-order valence-corrected chi connectivity index (χ4v) is 1.99. The highest BCUT2D eigenvalue weighted by molar-refractivity contribution is 6.35. The minimum atomic E-state index is -0.0160. The van der Waals surface area contributed by atoms with Crippen LogP contribution < -0.4 is 10.5 Å². The SMILES string of the molecule is Nc1c(O)cccc1OCc1c(Cl)cccc1Cl. The molecular formula is C13H11Cl2NO2. The number of nitrogen functional groups attached to an aromatic ring is 1. The van der Waals surface area contributed by atoms with Crippen LogP contribution in [0, 0.1) is 0 Å². The van der Waals surface area contributed by atoms with Gasteiger partial charge in [0, 0.05) is 15.6 Å². The molecule has 0 atom stereocenters. The molecule has 3 N–H and O–H groups in total. The first-order valence-corrected chi connectivity index (χ1v) is 5.98. The van der Waals surface area contributed by atoms with Crippen LogP contribution in [0.4, 0.5) is 5.69 Å². The lowest BCUT2D eigenvalue weighted by Crippen LogP contribution is -2.00. The van der Waals surface area contributed by atoms with Gasteiger partial charge in [0.15, 0.2) is 0 Å². The zero-order valence-electron chi connectivity index (χ0n) is 9.36. The highest BCUT2D eigenvalue weighted by Gasteiger charge is 2.09. The van der Waals surface area contributed by atoms with Crippen LogP contribution in [-0.4, -0.2) is 5.11 Å². The Morgan fingerprint density at radius 2 is 1.67 bits per heavy atom. The van der Waals surface area contributed by atoms with E-state index in [1.807, 2.05) is 0 Å². The summed E-state index contributed by atoms with van der Waals surface area (Å²) in [5.41, 5.74) is 6.56. The summed E-state index contributed by atoms with van der Waals surface area (Å²) < 4.78 is 5.51. The molecule has 0 saturated heterocycles. The van der Waals surface area contributed by atoms with E-state index in [2.05, 4.69) is 0 Å². The summed E-state index contributed by atoms with van der Waals surface area (Å²) in [4.78, 5) is 0. The minimum absolute atomic E-state index is 0.0160. The molecule has 3 nitrogen and oxygen atoms in total. The van der Waals surface area contributed by atoms with Gasteiger partial charge in [0.2, 0.25) is 0 Å². The lowest BCUT2D eigenvalue weighted by atomic mass is 10.2. The van der Waals surface area contributed by atoms with E-state index in [-0.39, 0.29) is 18.0 Å². The molecule has 18 heavy (non-hydrogen) atoms. The molecule has 0 radical (unpaired) electrons. The normalized spacial score (nSPS) is 10.3. The average Bonchev–Trinajstić information content (AvgIpc) is 2.33. The number of phenols is 1. The number of anilines is 1. The predicted molar refractivity (Wildman–Crippen MR) is 73.3 cm³/mol. The van der Waals surface area contributed by atoms with E-state index in [1.54, 1.807) is 30.3 Å². The maximum atomic E-state index is 9.45. The summed E-state index contributed by atoms with van der Waals surface area (Å²) in [5, 5.41) is 10.5. The molecule has 0 aromatic heterocycles. The zero-order chi connectivity index (χ0) is 13.1. The summed E-state index contributed by atoms with van der Waals surface area (Å²) in [6.45, 7) is 0.187. The molecule has 0 fully saturated rings. The van der Waals surface area contributed by atoms with Gasteiger partial charge < -0.3 is 15.6 Å². The van der Waals surface area contributed by atoms with Crippen molar-refractivity contribution in [2.24, 2.45) is 0 Å². The first-order chi connectivity index (χ1) is 8.59. The number of aromatic hydroxyl groups is 1. The maximum Gasteiger partial charge on any atom is 0.146 e. The molecule has 0 aliphatic rings. The van der Waals surface area contributed by atoms with Crippen molar-refractivity contribution in [1.29, 1.82) is 0 Å². The second-order valence-corrected chi connectivity index (χ2v) is 4.49. The number of hydrogen-bond donors (Lipinski definition) is 2. The number of phenolic OH excluding ortho intramolecular Hbond substituents is 1. The van der Waals surface area contributed by atoms with Gasteiger partial charge in [-0.3, -0.25) is 0 Å². The zero-order valence-corrected chi connectivity index (χ0v) is 10.9. The molecule has 0 heterocycles. The third-order valence-electron chi connectivity index (χ3n) is 2.48. The fourth-order valence-electron chi connectivity index (χ4n) is 1.48. The van der Waals surface area contributed by atoms with Crippen molar-refractivity contribution in [3.8, 4) is 11.5 Å². The average molecular weight is 284 g/mol. The van der Waals surface area contributed by atoms with Crippen molar-refractivity contribution in [1.82, 2.24) is 0 Å². The molecule has 0 spiro atoms. The molecule has 0 saturated carbocycles. The summed E-state index contributed by atoms with van der Waals surface area (Å²) in [7, 11) is 0. The molecule has 5 heteroatoms. The minimum Gasteiger partial charge on any atom is -0.506 e. The molecular weight excluding hydrogens is 273 g/mol. The van der Waals surface area contributed by atoms with Crippen molar-refractivity contribution < 1.29 is 9.84 Å². The van der Waals surface area contributed by atoms with Crippen LogP contribution >= 0.6 is 23.2 Å². The maximum absolute atomic E-state index is 9.45. The van der Waals surface area contributed by atoms with Gasteiger partial charge in [-0.2, -0.15) is 0 Å². The van der Waals surface area contributed by atoms with Crippen LogP contribution in [0.1, 0.15) is 5.56 Å². The van der Waals surface area contributed by atoms with Gasteiger partial charge in [0.05, 0.1) is 0 Å². The van der Waals surface area contributed by atoms with Crippen molar-refractivity contribution in [3.05, 3.63) is 52.0 Å². The molecule has 2 aromatic rings. The van der Waals surface area contributed by atoms with Gasteiger partial charge >= 0.3 is 0 Å². The van der Waals surface area contributed by atoms with Crippen LogP contribution in [0.5, 0.6) is 11.5 Å². The van der Waals surface area contributed by atoms with E-state index in [0.717, 1.165) is 0 Å². The van der Waals surface area contributed by atoms with Gasteiger partial charge in [-0.25, -0.2) is 0 Å². The Kier molecular flexibility index (Phi) is 3.84. The Balaban J connectivity index is 2.19. The number of benzene rings is 2. The quantitative estimate of drug-likeness (QED) is 0.664. The fraction of sp³-hybridized carbons (Fsp3) is 0.0769. The van der Waals surface area contributed by atoms with E-state index >= 15 is 0 Å². The molecule has 2 rings (SSSR count). The second kappa shape index (κ2) is 5.38. The smallest absolute Gasteiger partial charge is 0.146 e. The molecule has 0 unspecified atom stereocenters. The molecule has 0 aliphatic carbocycles. The van der Waals surface area contributed by atoms with Crippen LogP contribution in [-0.2, 0) is 6.61 Å². The Hall–Kier alpha value is -1.58. The third kappa shape index (κ3) is 2.63. The largest absolute Gasteiger partial charge is 0.506 e. The van der Waals surface area contributed by atoms with Crippen molar-refractivity contribution in [3.63, 3.8) is 0 Å². The summed E-state index contributed by atoms with van der Waals surface area (Å²) in [6.07, 6.45) is 0. The van der Waals surface area contributed by atoms with Gasteiger partial charge in [-0.1, -0.05) is 35.3 Å². The molecule has 94 valence electrons. The van der Waals surface area contributed by atoms with Gasteiger partial charge in [0.1, 0.15) is 23.8 Å². The predicted octanol–water partition coefficient (Wildman–Crippen LogP) is 3.86. The van der Waals surface area contributed by atoms with Gasteiger partial charge in [-0.05, 0) is 24.3 Å². The standard InChI is InChI=1S/C13H11Cl2NO2/c14-9-3-1-4-10(15)8(9)7-18-12-6-2-5-11(17)13(12)16/h1-6,17H,7,16H2. The first kappa shape index (κ1) is 12.9. The molecule has 2 aromatic carbocycles. The summed E-state index contributed by atoms with van der Waals surface area (Å²) >= 11 is 12.0. The van der Waals surface area contributed by atoms with E-state index < -0.39 is 0 Å². The summed E-state index contributed by atoms with van der Waals surface area (Å²) in [5.74, 6) is 0.378. The molecule has 0 amide bonds. The lowest BCUT2D eigenvalue weighted by Gasteiger charge is -2.11. The summed E-state index contributed by atoms with van der Waals surface area (Å²) in [6, 6.07) is 10.0. The Labute approximate surface area is 115 Å². The van der Waals surface area contributed by atoms with E-state index in [4.69, 9.17) is 33.7 Å². The number of halogens is 2. The topological polar surface area (TPSA) is 55.5 Å². The Morgan fingerprint density at radius 3 is 2.33 bits per heavy atom. The van der Waals surface area contributed by atoms with Crippen LogP contribution in [0.25, 0.3) is 0 Å². The number of para-hydroxylation sites is 1.